The van der Waals surface area contributed by atoms with E-state index in [0.29, 0.717) is 18.5 Å². The highest BCUT2D eigenvalue weighted by Gasteiger charge is 2.39. The molecule has 0 spiro atoms. The summed E-state index contributed by atoms with van der Waals surface area (Å²) in [6.45, 7) is 2.26. The maximum atomic E-state index is 13.1. The summed E-state index contributed by atoms with van der Waals surface area (Å²) < 4.78 is 0. The van der Waals surface area contributed by atoms with Crippen LogP contribution in [0.3, 0.4) is 0 Å². The summed E-state index contributed by atoms with van der Waals surface area (Å²) >= 11 is 1.55. The number of nitrogens with two attached hydrogens (primary N) is 1. The van der Waals surface area contributed by atoms with E-state index < -0.39 is 6.03 Å². The molecule has 0 aromatic carbocycles. The van der Waals surface area contributed by atoms with Crippen LogP contribution in [0.1, 0.15) is 69.2 Å². The molecular weight excluding hydrogens is 334 g/mol. The highest BCUT2D eigenvalue weighted by atomic mass is 32.1. The fourth-order valence-electron chi connectivity index (χ4n) is 4.05. The zero-order chi connectivity index (χ0) is 17.8. The number of nitrogens with one attached hydrogen (secondary N) is 1. The minimum atomic E-state index is -0.576. The quantitative estimate of drug-likeness (QED) is 0.773. The third kappa shape index (κ3) is 4.75. The van der Waals surface area contributed by atoms with E-state index in [9.17, 15) is 9.59 Å². The Balaban J connectivity index is 1.66. The highest BCUT2D eigenvalue weighted by molar-refractivity contribution is 7.10. The third-order valence-electron chi connectivity index (χ3n) is 5.60. The molecule has 1 aromatic rings. The molecule has 1 heterocycles. The second-order valence-corrected chi connectivity index (χ2v) is 8.37. The van der Waals surface area contributed by atoms with Crippen molar-refractivity contribution >= 4 is 23.3 Å². The first kappa shape index (κ1) is 18.2. The molecule has 1 atom stereocenters. The van der Waals surface area contributed by atoms with E-state index in [1.807, 2.05) is 17.5 Å². The van der Waals surface area contributed by atoms with Gasteiger partial charge in [-0.1, -0.05) is 19.4 Å². The van der Waals surface area contributed by atoms with Crippen LogP contribution >= 0.6 is 11.3 Å². The molecule has 0 radical (unpaired) electrons. The van der Waals surface area contributed by atoms with Crippen molar-refractivity contribution in [3.8, 4) is 0 Å². The predicted molar refractivity (Wildman–Crippen MR) is 100 cm³/mol. The van der Waals surface area contributed by atoms with Crippen LogP contribution in [-0.2, 0) is 4.79 Å². The number of carbonyl (C=O) groups excluding carboxylic acids is 2. The van der Waals surface area contributed by atoms with E-state index in [2.05, 4.69) is 17.1 Å². The Labute approximate surface area is 154 Å². The molecule has 2 aliphatic rings. The molecule has 3 N–H and O–H groups in total. The first-order valence-corrected chi connectivity index (χ1v) is 10.4. The fraction of sp³-hybridized carbons (Fsp3) is 0.684. The molecule has 2 saturated carbocycles. The van der Waals surface area contributed by atoms with Crippen LogP contribution in [0.4, 0.5) is 4.79 Å². The minimum Gasteiger partial charge on any atom is -0.352 e. The van der Waals surface area contributed by atoms with Crippen molar-refractivity contribution in [1.82, 2.24) is 10.2 Å². The van der Waals surface area contributed by atoms with Crippen molar-refractivity contribution in [2.45, 2.75) is 76.4 Å². The van der Waals surface area contributed by atoms with E-state index in [-0.39, 0.29) is 11.9 Å². The summed E-state index contributed by atoms with van der Waals surface area (Å²) in [4.78, 5) is 27.6. The number of nitrogens with zero attached hydrogens (tertiary/aromatic N) is 1. The Morgan fingerprint density at radius 3 is 2.36 bits per heavy atom. The summed E-state index contributed by atoms with van der Waals surface area (Å²) in [5.41, 5.74) is 5.33. The average Bonchev–Trinajstić information content (AvgIpc) is 3.26. The number of amides is 3. The maximum absolute atomic E-state index is 13.1. The van der Waals surface area contributed by atoms with Crippen molar-refractivity contribution in [3.05, 3.63) is 22.4 Å². The lowest BCUT2D eigenvalue weighted by Crippen LogP contribution is -2.45. The standard InChI is InChI=1S/C19H29N3O2S/c1-2-13-5-7-14(8-6-13)22(15-9-10-15)18(23)12-16(21-19(20)24)17-4-3-11-25-17/h3-4,11,13-16H,2,5-10,12H2,1H3,(H3,20,21,24). The number of thiophene rings is 1. The van der Waals surface area contributed by atoms with Gasteiger partial charge in [0.05, 0.1) is 12.5 Å². The van der Waals surface area contributed by atoms with E-state index in [1.165, 1.54) is 19.3 Å². The minimum absolute atomic E-state index is 0.162. The Morgan fingerprint density at radius 2 is 1.88 bits per heavy atom. The summed E-state index contributed by atoms with van der Waals surface area (Å²) in [5, 5.41) is 4.71. The molecular formula is C19H29N3O2S. The van der Waals surface area contributed by atoms with Gasteiger partial charge in [-0.3, -0.25) is 4.79 Å². The zero-order valence-electron chi connectivity index (χ0n) is 14.9. The van der Waals surface area contributed by atoms with Crippen LogP contribution in [0.5, 0.6) is 0 Å². The van der Waals surface area contributed by atoms with Crippen LogP contribution in [-0.4, -0.2) is 28.9 Å². The van der Waals surface area contributed by atoms with Crippen molar-refractivity contribution in [2.75, 3.05) is 0 Å². The molecule has 0 bridgehead atoms. The van der Waals surface area contributed by atoms with Gasteiger partial charge >= 0.3 is 6.03 Å². The topological polar surface area (TPSA) is 75.4 Å². The van der Waals surface area contributed by atoms with Crippen LogP contribution in [0.25, 0.3) is 0 Å². The maximum Gasteiger partial charge on any atom is 0.312 e. The van der Waals surface area contributed by atoms with E-state index in [1.54, 1.807) is 11.3 Å². The first-order valence-electron chi connectivity index (χ1n) is 9.49. The lowest BCUT2D eigenvalue weighted by Gasteiger charge is -2.37. The Hall–Kier alpha value is -1.56. The van der Waals surface area contributed by atoms with Gasteiger partial charge in [-0.25, -0.2) is 4.79 Å². The second-order valence-electron chi connectivity index (χ2n) is 7.40. The van der Waals surface area contributed by atoms with Gasteiger partial charge in [-0.05, 0) is 55.9 Å². The second kappa shape index (κ2) is 8.21. The zero-order valence-corrected chi connectivity index (χ0v) is 15.8. The van der Waals surface area contributed by atoms with Gasteiger partial charge < -0.3 is 16.0 Å². The number of rotatable bonds is 7. The molecule has 25 heavy (non-hydrogen) atoms. The van der Waals surface area contributed by atoms with E-state index in [0.717, 1.165) is 36.5 Å². The molecule has 0 saturated heterocycles. The predicted octanol–water partition coefficient (Wildman–Crippen LogP) is 3.81. The normalized spacial score (nSPS) is 24.5. The summed E-state index contributed by atoms with van der Waals surface area (Å²) in [6, 6.07) is 3.77. The van der Waals surface area contributed by atoms with Gasteiger partial charge in [0.2, 0.25) is 5.91 Å². The summed E-state index contributed by atoms with van der Waals surface area (Å²) in [7, 11) is 0. The average molecular weight is 364 g/mol. The van der Waals surface area contributed by atoms with Gasteiger partial charge in [0.25, 0.3) is 0 Å². The molecule has 3 amide bonds. The van der Waals surface area contributed by atoms with Crippen molar-refractivity contribution in [1.29, 1.82) is 0 Å². The number of hydrogen-bond acceptors (Lipinski definition) is 3. The molecule has 138 valence electrons. The molecule has 6 heteroatoms. The number of urea groups is 1. The molecule has 3 rings (SSSR count). The molecule has 1 unspecified atom stereocenters. The fourth-order valence-corrected chi connectivity index (χ4v) is 4.83. The first-order chi connectivity index (χ1) is 12.1. The van der Waals surface area contributed by atoms with Crippen molar-refractivity contribution in [3.63, 3.8) is 0 Å². The third-order valence-corrected chi connectivity index (χ3v) is 6.58. The molecule has 5 nitrogen and oxygen atoms in total. The lowest BCUT2D eigenvalue weighted by atomic mass is 9.83. The SMILES string of the molecule is CCC1CCC(N(C(=O)CC(NC(N)=O)c2cccs2)C2CC2)CC1. The summed E-state index contributed by atoms with van der Waals surface area (Å²) in [5.74, 6) is 0.984. The summed E-state index contributed by atoms with van der Waals surface area (Å²) in [6.07, 6.45) is 8.47. The Morgan fingerprint density at radius 1 is 1.24 bits per heavy atom. The van der Waals surface area contributed by atoms with Crippen LogP contribution < -0.4 is 11.1 Å². The molecule has 2 fully saturated rings. The monoisotopic (exact) mass is 363 g/mol. The largest absolute Gasteiger partial charge is 0.352 e. The van der Waals surface area contributed by atoms with Crippen LogP contribution in [0.2, 0.25) is 0 Å². The van der Waals surface area contributed by atoms with Gasteiger partial charge in [0.15, 0.2) is 0 Å². The van der Waals surface area contributed by atoms with Gasteiger partial charge in [0, 0.05) is 17.0 Å². The van der Waals surface area contributed by atoms with Crippen LogP contribution in [0, 0.1) is 5.92 Å². The van der Waals surface area contributed by atoms with Crippen molar-refractivity contribution in [2.24, 2.45) is 11.7 Å². The van der Waals surface area contributed by atoms with Gasteiger partial charge in [0.1, 0.15) is 0 Å². The number of carbonyl (C=O) groups is 2. The molecule has 0 aliphatic heterocycles. The smallest absolute Gasteiger partial charge is 0.312 e. The van der Waals surface area contributed by atoms with E-state index >= 15 is 0 Å². The Bertz CT molecular complexity index is 577. The van der Waals surface area contributed by atoms with Crippen molar-refractivity contribution < 1.29 is 9.59 Å². The molecule has 2 aliphatic carbocycles. The highest BCUT2D eigenvalue weighted by Crippen LogP contribution is 2.37. The van der Waals surface area contributed by atoms with Gasteiger partial charge in [-0.15, -0.1) is 11.3 Å². The Kier molecular flexibility index (Phi) is 5.99. The molecule has 1 aromatic heterocycles. The van der Waals surface area contributed by atoms with Crippen LogP contribution in [0.15, 0.2) is 17.5 Å². The van der Waals surface area contributed by atoms with E-state index in [4.69, 9.17) is 5.73 Å². The van der Waals surface area contributed by atoms with Gasteiger partial charge in [-0.2, -0.15) is 0 Å². The lowest BCUT2D eigenvalue weighted by molar-refractivity contribution is -0.135. The number of hydrogen-bond donors (Lipinski definition) is 2. The number of primary amides is 1.